The van der Waals surface area contributed by atoms with Gasteiger partial charge in [-0.3, -0.25) is 9.78 Å². The summed E-state index contributed by atoms with van der Waals surface area (Å²) in [5.41, 5.74) is 4.26. The molecule has 0 atom stereocenters. The number of hydrogen-bond donors (Lipinski definition) is 3. The Balaban J connectivity index is 1.82. The van der Waals surface area contributed by atoms with Gasteiger partial charge in [-0.1, -0.05) is 53.5 Å². The van der Waals surface area contributed by atoms with Gasteiger partial charge in [-0.15, -0.1) is 0 Å². The number of nitrogens with zero attached hydrogens (tertiary/aromatic N) is 2. The molecule has 0 spiro atoms. The van der Waals surface area contributed by atoms with Gasteiger partial charge in [0.2, 0.25) is 5.95 Å². The van der Waals surface area contributed by atoms with Crippen molar-refractivity contribution in [2.24, 2.45) is 5.10 Å². The molecule has 126 valence electrons. The molecule has 25 heavy (non-hydrogen) atoms. The zero-order chi connectivity index (χ0) is 17.8. The van der Waals surface area contributed by atoms with Gasteiger partial charge in [-0.2, -0.15) is 5.10 Å². The fraction of sp³-hybridized carbons (Fsp3) is 0. The summed E-state index contributed by atoms with van der Waals surface area (Å²) < 4.78 is 0. The van der Waals surface area contributed by atoms with Crippen molar-refractivity contribution < 1.29 is 5.11 Å². The van der Waals surface area contributed by atoms with Crippen molar-refractivity contribution >= 4 is 35.4 Å². The van der Waals surface area contributed by atoms with Crippen LogP contribution in [0.4, 0.5) is 5.95 Å². The first-order valence-electron chi connectivity index (χ1n) is 7.17. The number of phenols is 1. The van der Waals surface area contributed by atoms with E-state index in [0.717, 1.165) is 5.56 Å². The Morgan fingerprint density at radius 2 is 1.80 bits per heavy atom. The van der Waals surface area contributed by atoms with Crippen LogP contribution in [-0.4, -0.2) is 21.3 Å². The van der Waals surface area contributed by atoms with Crippen LogP contribution in [0.15, 0.2) is 58.4 Å². The molecule has 0 radical (unpaired) electrons. The number of aromatic nitrogens is 2. The van der Waals surface area contributed by atoms with Crippen LogP contribution in [0.2, 0.25) is 10.0 Å². The topological polar surface area (TPSA) is 90.4 Å². The van der Waals surface area contributed by atoms with E-state index in [1.54, 1.807) is 0 Å². The molecule has 1 aromatic heterocycles. The molecule has 0 unspecified atom stereocenters. The quantitative estimate of drug-likeness (QED) is 0.477. The summed E-state index contributed by atoms with van der Waals surface area (Å²) in [5, 5.41) is 13.8. The van der Waals surface area contributed by atoms with E-state index in [9.17, 15) is 9.90 Å². The van der Waals surface area contributed by atoms with Gasteiger partial charge in [-0.25, -0.2) is 10.4 Å². The monoisotopic (exact) mass is 374 g/mol. The molecular weight excluding hydrogens is 363 g/mol. The summed E-state index contributed by atoms with van der Waals surface area (Å²) in [6.45, 7) is 0. The number of aromatic amines is 1. The summed E-state index contributed by atoms with van der Waals surface area (Å²) in [5.74, 6) is 0.00794. The summed E-state index contributed by atoms with van der Waals surface area (Å²) in [7, 11) is 0. The lowest BCUT2D eigenvalue weighted by molar-refractivity contribution is 0.476. The fourth-order valence-corrected chi connectivity index (χ4v) is 2.60. The predicted molar refractivity (Wildman–Crippen MR) is 99.6 cm³/mol. The van der Waals surface area contributed by atoms with E-state index in [1.807, 2.05) is 30.3 Å². The minimum Gasteiger partial charge on any atom is -0.505 e. The molecule has 8 heteroatoms. The highest BCUT2D eigenvalue weighted by molar-refractivity contribution is 6.37. The Kier molecular flexibility index (Phi) is 5.02. The van der Waals surface area contributed by atoms with Crippen LogP contribution in [0.5, 0.6) is 5.75 Å². The van der Waals surface area contributed by atoms with Crippen LogP contribution < -0.4 is 11.0 Å². The molecule has 0 fully saturated rings. The van der Waals surface area contributed by atoms with E-state index >= 15 is 0 Å². The van der Waals surface area contributed by atoms with Crippen LogP contribution in [0.1, 0.15) is 5.56 Å². The summed E-state index contributed by atoms with van der Waals surface area (Å²) in [6, 6.07) is 13.7. The molecular formula is C17H12Cl2N4O2. The average Bonchev–Trinajstić information content (AvgIpc) is 2.60. The van der Waals surface area contributed by atoms with Gasteiger partial charge in [0.05, 0.1) is 22.0 Å². The number of aromatic hydroxyl groups is 1. The van der Waals surface area contributed by atoms with Gasteiger partial charge < -0.3 is 5.11 Å². The third-order valence-corrected chi connectivity index (χ3v) is 3.81. The number of rotatable bonds is 4. The van der Waals surface area contributed by atoms with Crippen molar-refractivity contribution in [1.29, 1.82) is 0 Å². The van der Waals surface area contributed by atoms with E-state index in [0.29, 0.717) is 11.3 Å². The van der Waals surface area contributed by atoms with Gasteiger partial charge in [0, 0.05) is 11.6 Å². The molecule has 3 rings (SSSR count). The second-order valence-corrected chi connectivity index (χ2v) is 5.86. The zero-order valence-electron chi connectivity index (χ0n) is 12.7. The molecule has 1 heterocycles. The lowest BCUT2D eigenvalue weighted by atomic mass is 10.1. The first-order valence-corrected chi connectivity index (χ1v) is 7.92. The first-order chi connectivity index (χ1) is 12.0. The van der Waals surface area contributed by atoms with Crippen LogP contribution in [0.25, 0.3) is 11.3 Å². The van der Waals surface area contributed by atoms with Gasteiger partial charge in [0.15, 0.2) is 5.75 Å². The molecule has 0 aliphatic rings. The number of phenolic OH excluding ortho intramolecular Hbond substituents is 1. The second kappa shape index (κ2) is 7.38. The third kappa shape index (κ3) is 4.17. The Labute approximate surface area is 152 Å². The van der Waals surface area contributed by atoms with E-state index < -0.39 is 0 Å². The number of nitrogens with one attached hydrogen (secondary N) is 2. The maximum absolute atomic E-state index is 11.8. The Morgan fingerprint density at radius 3 is 2.48 bits per heavy atom. The largest absolute Gasteiger partial charge is 0.505 e. The number of hydrogen-bond acceptors (Lipinski definition) is 5. The van der Waals surface area contributed by atoms with Crippen LogP contribution >= 0.6 is 23.2 Å². The second-order valence-electron chi connectivity index (χ2n) is 5.05. The first kappa shape index (κ1) is 17.0. The van der Waals surface area contributed by atoms with Crippen molar-refractivity contribution in [3.05, 3.63) is 74.5 Å². The Bertz CT molecular complexity index is 964. The normalized spacial score (nSPS) is 11.0. The maximum Gasteiger partial charge on any atom is 0.252 e. The fourth-order valence-electron chi connectivity index (χ4n) is 2.09. The van der Waals surface area contributed by atoms with E-state index in [4.69, 9.17) is 23.2 Å². The number of hydrazone groups is 1. The van der Waals surface area contributed by atoms with Gasteiger partial charge in [-0.05, 0) is 17.7 Å². The molecule has 0 aliphatic heterocycles. The molecule has 0 saturated carbocycles. The smallest absolute Gasteiger partial charge is 0.252 e. The van der Waals surface area contributed by atoms with Gasteiger partial charge >= 0.3 is 0 Å². The lowest BCUT2D eigenvalue weighted by Gasteiger charge is -2.04. The van der Waals surface area contributed by atoms with Crippen molar-refractivity contribution in [1.82, 2.24) is 9.97 Å². The van der Waals surface area contributed by atoms with Gasteiger partial charge in [0.25, 0.3) is 5.56 Å². The van der Waals surface area contributed by atoms with Crippen molar-refractivity contribution in [2.75, 3.05) is 5.43 Å². The van der Waals surface area contributed by atoms with Crippen LogP contribution in [0.3, 0.4) is 0 Å². The number of halogens is 2. The zero-order valence-corrected chi connectivity index (χ0v) is 14.2. The highest BCUT2D eigenvalue weighted by Crippen LogP contribution is 2.32. The maximum atomic E-state index is 11.8. The highest BCUT2D eigenvalue weighted by Gasteiger charge is 2.06. The van der Waals surface area contributed by atoms with Crippen molar-refractivity contribution in [3.63, 3.8) is 0 Å². The standard InChI is InChI=1S/C17H12Cl2N4O2/c18-12-6-10(7-13(19)16(12)25)9-20-23-17-21-14(8-15(24)22-17)11-4-2-1-3-5-11/h1-9,25H,(H2,21,22,23,24)/b20-9-. The van der Waals surface area contributed by atoms with Gasteiger partial charge in [0.1, 0.15) is 0 Å². The minimum atomic E-state index is -0.303. The Morgan fingerprint density at radius 1 is 1.12 bits per heavy atom. The van der Waals surface area contributed by atoms with E-state index in [-0.39, 0.29) is 27.3 Å². The molecule has 3 aromatic rings. The van der Waals surface area contributed by atoms with E-state index in [2.05, 4.69) is 20.5 Å². The molecule has 0 saturated heterocycles. The minimum absolute atomic E-state index is 0.117. The molecule has 2 aromatic carbocycles. The Hall–Kier alpha value is -2.83. The number of anilines is 1. The third-order valence-electron chi connectivity index (χ3n) is 3.23. The molecule has 6 nitrogen and oxygen atoms in total. The van der Waals surface area contributed by atoms with Crippen LogP contribution in [0, 0.1) is 0 Å². The van der Waals surface area contributed by atoms with Crippen molar-refractivity contribution in [3.8, 4) is 17.0 Å². The molecule has 0 amide bonds. The molecule has 0 bridgehead atoms. The van der Waals surface area contributed by atoms with Crippen molar-refractivity contribution in [2.45, 2.75) is 0 Å². The number of benzene rings is 2. The molecule has 3 N–H and O–H groups in total. The highest BCUT2D eigenvalue weighted by atomic mass is 35.5. The summed E-state index contributed by atoms with van der Waals surface area (Å²) in [4.78, 5) is 18.7. The lowest BCUT2D eigenvalue weighted by Crippen LogP contribution is -2.10. The predicted octanol–water partition coefficient (Wildman–Crippen LogP) is 3.90. The average molecular weight is 375 g/mol. The molecule has 0 aliphatic carbocycles. The SMILES string of the molecule is O=c1cc(-c2ccccc2)nc(N/N=C\c2cc(Cl)c(O)c(Cl)c2)[nH]1. The van der Waals surface area contributed by atoms with E-state index in [1.165, 1.54) is 24.4 Å². The summed E-state index contributed by atoms with van der Waals surface area (Å²) in [6.07, 6.45) is 1.44. The summed E-state index contributed by atoms with van der Waals surface area (Å²) >= 11 is 11.7. The van der Waals surface area contributed by atoms with Crippen LogP contribution in [-0.2, 0) is 0 Å². The number of H-pyrrole nitrogens is 1.